The maximum absolute atomic E-state index is 8.77. The van der Waals surface area contributed by atoms with Crippen LogP contribution < -0.4 is 10.6 Å². The Morgan fingerprint density at radius 2 is 2.11 bits per heavy atom. The normalized spacial score (nSPS) is 30.9. The van der Waals surface area contributed by atoms with Gasteiger partial charge in [0.1, 0.15) is 11.9 Å². The largest absolute Gasteiger partial charge is 0.356 e. The average Bonchev–Trinajstić information content (AvgIpc) is 2.81. The summed E-state index contributed by atoms with van der Waals surface area (Å²) >= 11 is 0. The number of hydrogen-bond donors (Lipinski definition) is 1. The SMILES string of the molecule is N#Cc1ccc(N2C[C@H]3CCC(N)C[C@H]3C2)nc1. The fraction of sp³-hybridized carbons (Fsp3) is 0.571. The van der Waals surface area contributed by atoms with Crippen LogP contribution in [0.15, 0.2) is 18.3 Å². The molecule has 4 nitrogen and oxygen atoms in total. The Hall–Kier alpha value is -1.60. The first-order valence-corrected chi connectivity index (χ1v) is 6.63. The maximum atomic E-state index is 8.77. The third kappa shape index (κ3) is 2.06. The lowest BCUT2D eigenvalue weighted by molar-refractivity contribution is 0.271. The number of pyridine rings is 1. The molecule has 2 N–H and O–H groups in total. The summed E-state index contributed by atoms with van der Waals surface area (Å²) in [4.78, 5) is 6.72. The highest BCUT2D eigenvalue weighted by molar-refractivity contribution is 5.43. The van der Waals surface area contributed by atoms with Crippen LogP contribution in [0.3, 0.4) is 0 Å². The number of anilines is 1. The summed E-state index contributed by atoms with van der Waals surface area (Å²) in [5.41, 5.74) is 6.67. The topological polar surface area (TPSA) is 65.9 Å². The van der Waals surface area contributed by atoms with Gasteiger partial charge in [0.15, 0.2) is 0 Å². The molecule has 1 aliphatic heterocycles. The molecule has 3 rings (SSSR count). The predicted molar refractivity (Wildman–Crippen MR) is 70.0 cm³/mol. The molecule has 94 valence electrons. The first-order chi connectivity index (χ1) is 8.76. The van der Waals surface area contributed by atoms with Crippen molar-refractivity contribution in [3.8, 4) is 6.07 Å². The highest BCUT2D eigenvalue weighted by Crippen LogP contribution is 2.37. The molecule has 3 atom stereocenters. The zero-order valence-corrected chi connectivity index (χ0v) is 10.4. The molecule has 4 heteroatoms. The fourth-order valence-electron chi connectivity index (χ4n) is 3.29. The second kappa shape index (κ2) is 4.58. The fourth-order valence-corrected chi connectivity index (χ4v) is 3.29. The Bertz CT molecular complexity index is 462. The summed E-state index contributed by atoms with van der Waals surface area (Å²) in [5, 5.41) is 8.77. The summed E-state index contributed by atoms with van der Waals surface area (Å²) < 4.78 is 0. The summed E-state index contributed by atoms with van der Waals surface area (Å²) in [7, 11) is 0. The van der Waals surface area contributed by atoms with Crippen LogP contribution in [0, 0.1) is 23.2 Å². The third-order valence-electron chi connectivity index (χ3n) is 4.29. The average molecular weight is 242 g/mol. The van der Waals surface area contributed by atoms with Gasteiger partial charge >= 0.3 is 0 Å². The molecule has 1 unspecified atom stereocenters. The van der Waals surface area contributed by atoms with Gasteiger partial charge in [-0.3, -0.25) is 0 Å². The lowest BCUT2D eigenvalue weighted by Gasteiger charge is -2.27. The van der Waals surface area contributed by atoms with Crippen molar-refractivity contribution in [2.75, 3.05) is 18.0 Å². The molecule has 1 aliphatic carbocycles. The van der Waals surface area contributed by atoms with E-state index < -0.39 is 0 Å². The number of nitrogens with two attached hydrogens (primary N) is 1. The van der Waals surface area contributed by atoms with Gasteiger partial charge in [0.05, 0.1) is 5.56 Å². The molecule has 0 aromatic carbocycles. The molecule has 1 saturated heterocycles. The first-order valence-electron chi connectivity index (χ1n) is 6.63. The minimum atomic E-state index is 0.389. The zero-order valence-electron chi connectivity index (χ0n) is 10.4. The molecule has 2 aliphatic rings. The molecular formula is C14H18N4. The monoisotopic (exact) mass is 242 g/mol. The Morgan fingerprint density at radius 3 is 2.83 bits per heavy atom. The van der Waals surface area contributed by atoms with Crippen molar-refractivity contribution >= 4 is 5.82 Å². The van der Waals surface area contributed by atoms with Crippen molar-refractivity contribution in [3.05, 3.63) is 23.9 Å². The van der Waals surface area contributed by atoms with Crippen molar-refractivity contribution in [2.45, 2.75) is 25.3 Å². The van der Waals surface area contributed by atoms with Gasteiger partial charge in [-0.05, 0) is 43.2 Å². The molecule has 0 spiro atoms. The van der Waals surface area contributed by atoms with Gasteiger partial charge in [-0.25, -0.2) is 4.98 Å². The Balaban J connectivity index is 1.73. The molecule has 1 saturated carbocycles. The van der Waals surface area contributed by atoms with E-state index in [1.165, 1.54) is 6.42 Å². The minimum Gasteiger partial charge on any atom is -0.356 e. The molecule has 18 heavy (non-hydrogen) atoms. The Labute approximate surface area is 107 Å². The van der Waals surface area contributed by atoms with E-state index in [0.717, 1.165) is 43.6 Å². The van der Waals surface area contributed by atoms with Crippen LogP contribution >= 0.6 is 0 Å². The van der Waals surface area contributed by atoms with E-state index in [9.17, 15) is 0 Å². The third-order valence-corrected chi connectivity index (χ3v) is 4.29. The number of fused-ring (bicyclic) bond motifs is 1. The van der Waals surface area contributed by atoms with Crippen LogP contribution in [0.1, 0.15) is 24.8 Å². The van der Waals surface area contributed by atoms with E-state index in [4.69, 9.17) is 11.0 Å². The Morgan fingerprint density at radius 1 is 1.28 bits per heavy atom. The lowest BCUT2D eigenvalue weighted by atomic mass is 9.79. The van der Waals surface area contributed by atoms with Crippen LogP contribution in [-0.2, 0) is 0 Å². The summed E-state index contributed by atoms with van der Waals surface area (Å²) in [6, 6.07) is 6.29. The predicted octanol–water partition coefficient (Wildman–Crippen LogP) is 1.52. The van der Waals surface area contributed by atoms with Crippen LogP contribution in [-0.4, -0.2) is 24.1 Å². The van der Waals surface area contributed by atoms with Crippen molar-refractivity contribution in [2.24, 2.45) is 17.6 Å². The highest BCUT2D eigenvalue weighted by atomic mass is 15.2. The molecule has 1 aromatic rings. The number of rotatable bonds is 1. The number of aromatic nitrogens is 1. The molecule has 2 fully saturated rings. The van der Waals surface area contributed by atoms with E-state index in [2.05, 4.69) is 16.0 Å². The van der Waals surface area contributed by atoms with Crippen LogP contribution in [0.25, 0.3) is 0 Å². The van der Waals surface area contributed by atoms with E-state index in [1.54, 1.807) is 6.20 Å². The second-order valence-corrected chi connectivity index (χ2v) is 5.52. The van der Waals surface area contributed by atoms with E-state index in [-0.39, 0.29) is 0 Å². The van der Waals surface area contributed by atoms with Crippen LogP contribution in [0.2, 0.25) is 0 Å². The molecule has 0 bridgehead atoms. The second-order valence-electron chi connectivity index (χ2n) is 5.52. The van der Waals surface area contributed by atoms with Crippen molar-refractivity contribution in [3.63, 3.8) is 0 Å². The smallest absolute Gasteiger partial charge is 0.128 e. The Kier molecular flexibility index (Phi) is 2.92. The van der Waals surface area contributed by atoms with Crippen molar-refractivity contribution in [1.29, 1.82) is 5.26 Å². The number of nitrogens with zero attached hydrogens (tertiary/aromatic N) is 3. The molecule has 2 heterocycles. The van der Waals surface area contributed by atoms with Gasteiger partial charge in [0.2, 0.25) is 0 Å². The molecule has 1 aromatic heterocycles. The lowest BCUT2D eigenvalue weighted by Crippen LogP contribution is -2.32. The van der Waals surface area contributed by atoms with Gasteiger partial charge in [-0.1, -0.05) is 0 Å². The van der Waals surface area contributed by atoms with Crippen molar-refractivity contribution < 1.29 is 0 Å². The highest BCUT2D eigenvalue weighted by Gasteiger charge is 2.37. The van der Waals surface area contributed by atoms with E-state index in [0.29, 0.717) is 11.6 Å². The summed E-state index contributed by atoms with van der Waals surface area (Å²) in [5.74, 6) is 2.51. The van der Waals surface area contributed by atoms with Crippen LogP contribution in [0.4, 0.5) is 5.82 Å². The standard InChI is InChI=1S/C14H18N4/c15-6-10-1-4-14(17-7-10)18-8-11-2-3-13(16)5-12(11)9-18/h1,4,7,11-13H,2-3,5,8-9,16H2/t11-,12+,13?/m1/s1. The molecule has 0 amide bonds. The summed E-state index contributed by atoms with van der Waals surface area (Å²) in [6.45, 7) is 2.16. The van der Waals surface area contributed by atoms with Crippen molar-refractivity contribution in [1.82, 2.24) is 4.98 Å². The minimum absolute atomic E-state index is 0.389. The van der Waals surface area contributed by atoms with Gasteiger partial charge in [0.25, 0.3) is 0 Å². The molecular weight excluding hydrogens is 224 g/mol. The van der Waals surface area contributed by atoms with Gasteiger partial charge in [0, 0.05) is 25.3 Å². The number of nitriles is 1. The van der Waals surface area contributed by atoms with Gasteiger partial charge in [-0.15, -0.1) is 0 Å². The van der Waals surface area contributed by atoms with Crippen LogP contribution in [0.5, 0.6) is 0 Å². The van der Waals surface area contributed by atoms with Gasteiger partial charge in [-0.2, -0.15) is 5.26 Å². The maximum Gasteiger partial charge on any atom is 0.128 e. The first kappa shape index (κ1) is 11.5. The van der Waals surface area contributed by atoms with Gasteiger partial charge < -0.3 is 10.6 Å². The quantitative estimate of drug-likeness (QED) is 0.810. The van der Waals surface area contributed by atoms with E-state index >= 15 is 0 Å². The van der Waals surface area contributed by atoms with E-state index in [1.807, 2.05) is 12.1 Å². The molecule has 0 radical (unpaired) electrons. The zero-order chi connectivity index (χ0) is 12.5. The number of hydrogen-bond acceptors (Lipinski definition) is 4. The summed E-state index contributed by atoms with van der Waals surface area (Å²) in [6.07, 6.45) is 5.22.